The second-order valence-electron chi connectivity index (χ2n) is 5.06. The van der Waals surface area contributed by atoms with Gasteiger partial charge >= 0.3 is 0 Å². The van der Waals surface area contributed by atoms with Crippen LogP contribution in [0, 0.1) is 11.6 Å². The smallest absolute Gasteiger partial charge is 0.173 e. The highest BCUT2D eigenvalue weighted by Crippen LogP contribution is 2.23. The summed E-state index contributed by atoms with van der Waals surface area (Å²) in [7, 11) is 0. The van der Waals surface area contributed by atoms with Gasteiger partial charge in [0.1, 0.15) is 11.6 Å². The van der Waals surface area contributed by atoms with Crippen LogP contribution in [0.4, 0.5) is 8.78 Å². The molecule has 110 valence electrons. The van der Waals surface area contributed by atoms with Crippen molar-refractivity contribution in [3.8, 4) is 0 Å². The van der Waals surface area contributed by atoms with Gasteiger partial charge in [-0.05, 0) is 23.6 Å². The Balaban J connectivity index is 2.01. The van der Waals surface area contributed by atoms with E-state index in [4.69, 9.17) is 0 Å². The quantitative estimate of drug-likeness (QED) is 0.567. The van der Waals surface area contributed by atoms with Crippen molar-refractivity contribution < 1.29 is 13.6 Å². The molecule has 0 fully saturated rings. The van der Waals surface area contributed by atoms with Crippen LogP contribution in [0.1, 0.15) is 35.7 Å². The van der Waals surface area contributed by atoms with E-state index in [1.165, 1.54) is 17.7 Å². The third kappa shape index (κ3) is 4.14. The molecule has 0 spiro atoms. The molecule has 0 aromatic heterocycles. The summed E-state index contributed by atoms with van der Waals surface area (Å²) >= 11 is 1.08. The fourth-order valence-electron chi connectivity index (χ4n) is 1.87. The average Bonchev–Trinajstić information content (AvgIpc) is 2.46. The summed E-state index contributed by atoms with van der Waals surface area (Å²) in [5.41, 5.74) is 1.78. The lowest BCUT2D eigenvalue weighted by atomic mass is 10.0. The molecule has 21 heavy (non-hydrogen) atoms. The van der Waals surface area contributed by atoms with Gasteiger partial charge in [0.2, 0.25) is 0 Å². The Labute approximate surface area is 127 Å². The van der Waals surface area contributed by atoms with Gasteiger partial charge in [-0.3, -0.25) is 4.79 Å². The van der Waals surface area contributed by atoms with Crippen LogP contribution in [-0.2, 0) is 0 Å². The molecule has 0 unspecified atom stereocenters. The fraction of sp³-hybridized carbons (Fsp3) is 0.235. The predicted molar refractivity (Wildman–Crippen MR) is 81.9 cm³/mol. The van der Waals surface area contributed by atoms with Gasteiger partial charge in [-0.1, -0.05) is 38.1 Å². The monoisotopic (exact) mass is 306 g/mol. The van der Waals surface area contributed by atoms with E-state index in [2.05, 4.69) is 13.8 Å². The SMILES string of the molecule is CC(C)c1ccc(C(=O)CSc2ccc(F)cc2F)cc1. The molecular formula is C17H16F2OS. The van der Waals surface area contributed by atoms with E-state index in [0.29, 0.717) is 11.5 Å². The van der Waals surface area contributed by atoms with Crippen LogP contribution in [0.3, 0.4) is 0 Å². The van der Waals surface area contributed by atoms with E-state index in [-0.39, 0.29) is 16.4 Å². The minimum absolute atomic E-state index is 0.0703. The highest BCUT2D eigenvalue weighted by Gasteiger charge is 2.10. The highest BCUT2D eigenvalue weighted by molar-refractivity contribution is 8.00. The van der Waals surface area contributed by atoms with Crippen molar-refractivity contribution in [3.63, 3.8) is 0 Å². The zero-order chi connectivity index (χ0) is 15.4. The molecule has 1 nitrogen and oxygen atoms in total. The largest absolute Gasteiger partial charge is 0.293 e. The number of halogens is 2. The molecule has 0 saturated heterocycles. The molecule has 0 atom stereocenters. The number of thioether (sulfide) groups is 1. The van der Waals surface area contributed by atoms with Gasteiger partial charge in [-0.2, -0.15) is 0 Å². The summed E-state index contributed by atoms with van der Waals surface area (Å²) in [4.78, 5) is 12.3. The van der Waals surface area contributed by atoms with Crippen LogP contribution in [0.25, 0.3) is 0 Å². The summed E-state index contributed by atoms with van der Waals surface area (Å²) in [5.74, 6) is -0.782. The lowest BCUT2D eigenvalue weighted by Crippen LogP contribution is -2.03. The summed E-state index contributed by atoms with van der Waals surface area (Å²) < 4.78 is 26.3. The molecule has 0 heterocycles. The topological polar surface area (TPSA) is 17.1 Å². The minimum Gasteiger partial charge on any atom is -0.293 e. The summed E-state index contributed by atoms with van der Waals surface area (Å²) in [6.07, 6.45) is 0. The molecule has 0 bridgehead atoms. The van der Waals surface area contributed by atoms with Gasteiger partial charge < -0.3 is 0 Å². The standard InChI is InChI=1S/C17H16F2OS/c1-11(2)12-3-5-13(6-4-12)16(20)10-21-17-8-7-14(18)9-15(17)19/h3-9,11H,10H2,1-2H3. The van der Waals surface area contributed by atoms with Crippen molar-refractivity contribution in [2.75, 3.05) is 5.75 Å². The summed E-state index contributed by atoms with van der Waals surface area (Å²) in [6.45, 7) is 4.17. The second kappa shape index (κ2) is 6.85. The minimum atomic E-state index is -0.636. The number of carbonyl (C=O) groups is 1. The Morgan fingerprint density at radius 2 is 1.76 bits per heavy atom. The maximum atomic E-state index is 13.5. The van der Waals surface area contributed by atoms with Gasteiger partial charge in [0.25, 0.3) is 0 Å². The predicted octanol–water partition coefficient (Wildman–Crippen LogP) is 5.06. The van der Waals surface area contributed by atoms with Gasteiger partial charge in [-0.15, -0.1) is 11.8 Å². The summed E-state index contributed by atoms with van der Waals surface area (Å²) in [6, 6.07) is 10.8. The molecule has 0 aliphatic rings. The molecule has 2 aromatic carbocycles. The number of Topliss-reactive ketones (excluding diaryl/α,β-unsaturated/α-hetero) is 1. The number of carbonyl (C=O) groups excluding carboxylic acids is 1. The maximum absolute atomic E-state index is 13.5. The molecule has 2 aromatic rings. The Morgan fingerprint density at radius 1 is 1.10 bits per heavy atom. The maximum Gasteiger partial charge on any atom is 0.173 e. The molecule has 0 saturated carbocycles. The first-order valence-corrected chi connectivity index (χ1v) is 7.67. The molecular weight excluding hydrogens is 290 g/mol. The van der Waals surface area contributed by atoms with E-state index < -0.39 is 11.6 Å². The lowest BCUT2D eigenvalue weighted by molar-refractivity contribution is 0.102. The number of hydrogen-bond acceptors (Lipinski definition) is 2. The van der Waals surface area contributed by atoms with E-state index in [0.717, 1.165) is 17.8 Å². The van der Waals surface area contributed by atoms with Crippen molar-refractivity contribution in [1.82, 2.24) is 0 Å². The van der Waals surface area contributed by atoms with E-state index in [1.54, 1.807) is 12.1 Å². The van der Waals surface area contributed by atoms with Crippen LogP contribution in [-0.4, -0.2) is 11.5 Å². The second-order valence-corrected chi connectivity index (χ2v) is 6.08. The van der Waals surface area contributed by atoms with Crippen molar-refractivity contribution in [2.24, 2.45) is 0 Å². The number of benzene rings is 2. The molecule has 2 rings (SSSR count). The Hall–Kier alpha value is -1.68. The van der Waals surface area contributed by atoms with Gasteiger partial charge in [0, 0.05) is 16.5 Å². The molecule has 0 aliphatic carbocycles. The third-order valence-electron chi connectivity index (χ3n) is 3.15. The van der Waals surface area contributed by atoms with Crippen LogP contribution in [0.15, 0.2) is 47.4 Å². The van der Waals surface area contributed by atoms with Crippen LogP contribution in [0.5, 0.6) is 0 Å². The van der Waals surface area contributed by atoms with Crippen molar-refractivity contribution in [3.05, 3.63) is 65.2 Å². The van der Waals surface area contributed by atoms with Crippen molar-refractivity contribution in [1.29, 1.82) is 0 Å². The fourth-order valence-corrected chi connectivity index (χ4v) is 2.69. The number of hydrogen-bond donors (Lipinski definition) is 0. The van der Waals surface area contributed by atoms with E-state index >= 15 is 0 Å². The Bertz CT molecular complexity index is 636. The normalized spacial score (nSPS) is 10.9. The van der Waals surface area contributed by atoms with E-state index in [9.17, 15) is 13.6 Å². The third-order valence-corrected chi connectivity index (χ3v) is 4.20. The number of ketones is 1. The molecule has 4 heteroatoms. The first-order valence-electron chi connectivity index (χ1n) is 6.68. The van der Waals surface area contributed by atoms with Crippen LogP contribution < -0.4 is 0 Å². The summed E-state index contributed by atoms with van der Waals surface area (Å²) in [5, 5.41) is 0. The lowest BCUT2D eigenvalue weighted by Gasteiger charge is -2.07. The average molecular weight is 306 g/mol. The van der Waals surface area contributed by atoms with Crippen molar-refractivity contribution >= 4 is 17.5 Å². The van der Waals surface area contributed by atoms with Gasteiger partial charge in [0.05, 0.1) is 5.75 Å². The van der Waals surface area contributed by atoms with Gasteiger partial charge in [-0.25, -0.2) is 8.78 Å². The van der Waals surface area contributed by atoms with E-state index in [1.807, 2.05) is 12.1 Å². The number of rotatable bonds is 5. The molecule has 0 aliphatic heterocycles. The van der Waals surface area contributed by atoms with Crippen LogP contribution >= 0.6 is 11.8 Å². The first kappa shape index (κ1) is 15.7. The highest BCUT2D eigenvalue weighted by atomic mass is 32.2. The van der Waals surface area contributed by atoms with Crippen LogP contribution in [0.2, 0.25) is 0 Å². The zero-order valence-electron chi connectivity index (χ0n) is 11.9. The van der Waals surface area contributed by atoms with Crippen molar-refractivity contribution in [2.45, 2.75) is 24.7 Å². The van der Waals surface area contributed by atoms with Gasteiger partial charge in [0.15, 0.2) is 5.78 Å². The zero-order valence-corrected chi connectivity index (χ0v) is 12.7. The molecule has 0 N–H and O–H groups in total. The Morgan fingerprint density at radius 3 is 2.33 bits per heavy atom. The Kier molecular flexibility index (Phi) is 5.12. The molecule has 0 amide bonds. The first-order chi connectivity index (χ1) is 9.97. The molecule has 0 radical (unpaired) electrons.